The molecule has 3 amide bonds. The Kier molecular flexibility index (Phi) is 3.13. The summed E-state index contributed by atoms with van der Waals surface area (Å²) in [5.41, 5.74) is 0.415. The van der Waals surface area contributed by atoms with Gasteiger partial charge in [-0.2, -0.15) is 0 Å². The van der Waals surface area contributed by atoms with Gasteiger partial charge in [0.25, 0.3) is 5.91 Å². The molecular formula is C11H10N2O5. The van der Waals surface area contributed by atoms with E-state index in [0.717, 1.165) is 4.90 Å². The summed E-state index contributed by atoms with van der Waals surface area (Å²) >= 11 is 0. The highest BCUT2D eigenvalue weighted by Crippen LogP contribution is 2.21. The van der Waals surface area contributed by atoms with Gasteiger partial charge in [-0.3, -0.25) is 4.79 Å². The van der Waals surface area contributed by atoms with Gasteiger partial charge in [-0.1, -0.05) is 0 Å². The van der Waals surface area contributed by atoms with Crippen molar-refractivity contribution < 1.29 is 24.2 Å². The molecule has 0 saturated carbocycles. The maximum absolute atomic E-state index is 11.4. The number of rotatable bonds is 4. The number of urea groups is 1. The van der Waals surface area contributed by atoms with Gasteiger partial charge in [-0.25, -0.2) is 14.5 Å². The number of hydrogen-bond acceptors (Lipinski definition) is 4. The maximum atomic E-state index is 11.4. The number of carbonyl (C=O) groups is 3. The Morgan fingerprint density at radius 3 is 2.50 bits per heavy atom. The number of carbonyl (C=O) groups excluding carboxylic acids is 2. The molecule has 0 unspecified atom stereocenters. The summed E-state index contributed by atoms with van der Waals surface area (Å²) in [5, 5.41) is 10.8. The zero-order valence-electron chi connectivity index (χ0n) is 9.25. The van der Waals surface area contributed by atoms with E-state index in [1.54, 1.807) is 0 Å². The number of carboxylic acid groups (broad SMARTS) is 1. The lowest BCUT2D eigenvalue weighted by Gasteiger charge is -2.12. The van der Waals surface area contributed by atoms with Crippen LogP contribution in [0.4, 0.5) is 10.5 Å². The molecule has 0 atom stereocenters. The zero-order valence-corrected chi connectivity index (χ0v) is 9.25. The SMILES string of the molecule is O=C(O)COc1ccc(N2C(=O)CNC2=O)cc1. The lowest BCUT2D eigenvalue weighted by molar-refractivity contribution is -0.139. The van der Waals surface area contributed by atoms with E-state index in [2.05, 4.69) is 5.32 Å². The summed E-state index contributed by atoms with van der Waals surface area (Å²) in [6.07, 6.45) is 0. The molecule has 1 aliphatic heterocycles. The first kappa shape index (κ1) is 11.9. The van der Waals surface area contributed by atoms with E-state index < -0.39 is 18.6 Å². The molecule has 0 aliphatic carbocycles. The first-order valence-corrected chi connectivity index (χ1v) is 5.13. The Labute approximate surface area is 102 Å². The summed E-state index contributed by atoms with van der Waals surface area (Å²) in [7, 11) is 0. The Balaban J connectivity index is 2.10. The molecule has 1 fully saturated rings. The molecule has 0 radical (unpaired) electrons. The highest BCUT2D eigenvalue weighted by molar-refractivity contribution is 6.19. The molecular weight excluding hydrogens is 240 g/mol. The minimum Gasteiger partial charge on any atom is -0.482 e. The minimum absolute atomic E-state index is 0.0178. The third kappa shape index (κ3) is 2.40. The van der Waals surface area contributed by atoms with Gasteiger partial charge in [-0.05, 0) is 24.3 Å². The van der Waals surface area contributed by atoms with E-state index >= 15 is 0 Å². The molecule has 1 saturated heterocycles. The summed E-state index contributed by atoms with van der Waals surface area (Å²) in [6, 6.07) is 5.55. The number of amides is 3. The van der Waals surface area contributed by atoms with Crippen LogP contribution in [0.25, 0.3) is 0 Å². The van der Waals surface area contributed by atoms with Crippen LogP contribution < -0.4 is 15.0 Å². The number of imide groups is 1. The summed E-state index contributed by atoms with van der Waals surface area (Å²) in [4.78, 5) is 34.1. The van der Waals surface area contributed by atoms with E-state index in [1.165, 1.54) is 24.3 Å². The number of nitrogens with one attached hydrogen (secondary N) is 1. The van der Waals surface area contributed by atoms with Crippen molar-refractivity contribution in [1.29, 1.82) is 0 Å². The zero-order chi connectivity index (χ0) is 13.1. The van der Waals surface area contributed by atoms with E-state index in [9.17, 15) is 14.4 Å². The van der Waals surface area contributed by atoms with E-state index in [1.807, 2.05) is 0 Å². The summed E-state index contributed by atoms with van der Waals surface area (Å²) in [5.74, 6) is -1.06. The van der Waals surface area contributed by atoms with Gasteiger partial charge in [0, 0.05) is 0 Å². The van der Waals surface area contributed by atoms with Crippen LogP contribution in [0.15, 0.2) is 24.3 Å². The topological polar surface area (TPSA) is 95.9 Å². The molecule has 2 N–H and O–H groups in total. The van der Waals surface area contributed by atoms with Gasteiger partial charge in [0.05, 0.1) is 12.2 Å². The number of benzene rings is 1. The third-order valence-corrected chi connectivity index (χ3v) is 2.30. The second kappa shape index (κ2) is 4.74. The highest BCUT2D eigenvalue weighted by atomic mass is 16.5. The molecule has 1 heterocycles. The Bertz CT molecular complexity index is 481. The number of nitrogens with zero attached hydrogens (tertiary/aromatic N) is 1. The average Bonchev–Trinajstić information content (AvgIpc) is 2.67. The third-order valence-electron chi connectivity index (χ3n) is 2.30. The van der Waals surface area contributed by atoms with Gasteiger partial charge in [0.1, 0.15) is 5.75 Å². The fourth-order valence-electron chi connectivity index (χ4n) is 1.52. The van der Waals surface area contributed by atoms with Crippen molar-refractivity contribution >= 4 is 23.6 Å². The standard InChI is InChI=1S/C11H10N2O5/c14-9-5-12-11(17)13(9)7-1-3-8(4-2-7)18-6-10(15)16/h1-4H,5-6H2,(H,12,17)(H,15,16). The number of ether oxygens (including phenoxy) is 1. The minimum atomic E-state index is -1.08. The Hall–Kier alpha value is -2.57. The average molecular weight is 250 g/mol. The number of hydrogen-bond donors (Lipinski definition) is 2. The van der Waals surface area contributed by atoms with Crippen molar-refractivity contribution in [3.8, 4) is 5.75 Å². The van der Waals surface area contributed by atoms with Crippen LogP contribution >= 0.6 is 0 Å². The molecule has 0 spiro atoms. The second-order valence-corrected chi connectivity index (χ2v) is 3.56. The van der Waals surface area contributed by atoms with Gasteiger partial charge >= 0.3 is 12.0 Å². The Morgan fingerprint density at radius 2 is 2.00 bits per heavy atom. The van der Waals surface area contributed by atoms with Crippen LogP contribution in [-0.4, -0.2) is 36.2 Å². The van der Waals surface area contributed by atoms with Gasteiger partial charge in [0.2, 0.25) is 0 Å². The monoisotopic (exact) mass is 250 g/mol. The fraction of sp³-hybridized carbons (Fsp3) is 0.182. The molecule has 2 rings (SSSR count). The van der Waals surface area contributed by atoms with Crippen LogP contribution in [0.5, 0.6) is 5.75 Å². The van der Waals surface area contributed by atoms with Crippen molar-refractivity contribution in [2.75, 3.05) is 18.1 Å². The van der Waals surface area contributed by atoms with Crippen LogP contribution in [0.2, 0.25) is 0 Å². The molecule has 1 aromatic carbocycles. The first-order valence-electron chi connectivity index (χ1n) is 5.13. The molecule has 1 aliphatic rings. The van der Waals surface area contributed by atoms with Gasteiger partial charge in [-0.15, -0.1) is 0 Å². The van der Waals surface area contributed by atoms with Crippen molar-refractivity contribution in [2.24, 2.45) is 0 Å². The molecule has 0 aromatic heterocycles. The van der Waals surface area contributed by atoms with E-state index in [4.69, 9.17) is 9.84 Å². The van der Waals surface area contributed by atoms with Gasteiger partial charge < -0.3 is 15.2 Å². The van der Waals surface area contributed by atoms with E-state index in [-0.39, 0.29) is 12.5 Å². The van der Waals surface area contributed by atoms with Gasteiger partial charge in [0.15, 0.2) is 6.61 Å². The molecule has 18 heavy (non-hydrogen) atoms. The normalized spacial score (nSPS) is 14.6. The molecule has 94 valence electrons. The smallest absolute Gasteiger partial charge is 0.341 e. The molecule has 7 nitrogen and oxygen atoms in total. The predicted molar refractivity (Wildman–Crippen MR) is 60.5 cm³/mol. The lowest BCUT2D eigenvalue weighted by atomic mass is 10.3. The van der Waals surface area contributed by atoms with Crippen LogP contribution in [0.1, 0.15) is 0 Å². The lowest BCUT2D eigenvalue weighted by Crippen LogP contribution is -2.30. The summed E-state index contributed by atoms with van der Waals surface area (Å²) < 4.78 is 4.94. The predicted octanol–water partition coefficient (Wildman–Crippen LogP) is 0.206. The number of aliphatic carboxylic acids is 1. The number of anilines is 1. The van der Waals surface area contributed by atoms with Crippen molar-refractivity contribution in [3.05, 3.63) is 24.3 Å². The quantitative estimate of drug-likeness (QED) is 0.744. The molecule has 0 bridgehead atoms. The first-order chi connectivity index (χ1) is 8.58. The maximum Gasteiger partial charge on any atom is 0.341 e. The van der Waals surface area contributed by atoms with Crippen molar-refractivity contribution in [3.63, 3.8) is 0 Å². The van der Waals surface area contributed by atoms with Crippen molar-refractivity contribution in [1.82, 2.24) is 5.32 Å². The molecule has 7 heteroatoms. The second-order valence-electron chi connectivity index (χ2n) is 3.56. The summed E-state index contributed by atoms with van der Waals surface area (Å²) in [6.45, 7) is -0.460. The molecule has 1 aromatic rings. The van der Waals surface area contributed by atoms with Crippen LogP contribution in [0.3, 0.4) is 0 Å². The van der Waals surface area contributed by atoms with Crippen molar-refractivity contribution in [2.45, 2.75) is 0 Å². The largest absolute Gasteiger partial charge is 0.482 e. The Morgan fingerprint density at radius 1 is 1.33 bits per heavy atom. The fourth-order valence-corrected chi connectivity index (χ4v) is 1.52. The van der Waals surface area contributed by atoms with E-state index in [0.29, 0.717) is 11.4 Å². The van der Waals surface area contributed by atoms with Crippen LogP contribution in [0, 0.1) is 0 Å². The van der Waals surface area contributed by atoms with Crippen LogP contribution in [-0.2, 0) is 9.59 Å². The highest BCUT2D eigenvalue weighted by Gasteiger charge is 2.29. The number of carboxylic acids is 1.